The molecular weight excluding hydrogens is 180 g/mol. The summed E-state index contributed by atoms with van der Waals surface area (Å²) in [7, 11) is 0. The molecule has 80 valence electrons. The molecule has 2 aliphatic rings. The van der Waals surface area contributed by atoms with Gasteiger partial charge in [0.15, 0.2) is 0 Å². The highest BCUT2D eigenvalue weighted by Gasteiger charge is 2.33. The number of nitrogens with one attached hydrogen (secondary N) is 1. The Hall–Kier alpha value is -0.610. The van der Waals surface area contributed by atoms with Crippen molar-refractivity contribution in [1.82, 2.24) is 10.2 Å². The molecule has 2 rings (SSSR count). The third-order valence-electron chi connectivity index (χ3n) is 3.36. The quantitative estimate of drug-likeness (QED) is 0.593. The molecule has 0 bridgehead atoms. The molecule has 0 aliphatic carbocycles. The average Bonchev–Trinajstić information content (AvgIpc) is 2.06. The fourth-order valence-electron chi connectivity index (χ4n) is 1.97. The molecule has 2 saturated heterocycles. The molecule has 0 radical (unpaired) electrons. The molecule has 2 atom stereocenters. The lowest BCUT2D eigenvalue weighted by molar-refractivity contribution is -0.141. The van der Waals surface area contributed by atoms with Gasteiger partial charge in [0.25, 0.3) is 0 Å². The first kappa shape index (κ1) is 9.93. The van der Waals surface area contributed by atoms with Gasteiger partial charge in [0.2, 0.25) is 5.91 Å². The number of carbonyl (C=O) groups is 1. The number of β-amino-alcohol motifs (C(OH)–C–C–N with tert-alkyl or cyclic N) is 1. The van der Waals surface area contributed by atoms with Crippen molar-refractivity contribution in [3.8, 4) is 0 Å². The van der Waals surface area contributed by atoms with Crippen LogP contribution in [0.4, 0.5) is 0 Å². The van der Waals surface area contributed by atoms with Crippen molar-refractivity contribution < 1.29 is 9.90 Å². The van der Waals surface area contributed by atoms with Crippen LogP contribution in [-0.2, 0) is 4.79 Å². The average molecular weight is 198 g/mol. The first-order valence-corrected chi connectivity index (χ1v) is 5.36. The maximum absolute atomic E-state index is 11.8. The first-order chi connectivity index (χ1) is 6.68. The van der Waals surface area contributed by atoms with Gasteiger partial charge in [-0.2, -0.15) is 0 Å². The zero-order valence-electron chi connectivity index (χ0n) is 8.57. The third-order valence-corrected chi connectivity index (χ3v) is 3.36. The summed E-state index contributed by atoms with van der Waals surface area (Å²) in [5.74, 6) is 0.712. The SMILES string of the molecule is CC1CCN(C(=O)C2CNC2)CC1O. The van der Waals surface area contributed by atoms with Crippen molar-refractivity contribution in [2.24, 2.45) is 11.8 Å². The number of piperidine rings is 1. The lowest BCUT2D eigenvalue weighted by atomic mass is 9.93. The highest BCUT2D eigenvalue weighted by molar-refractivity contribution is 5.80. The Kier molecular flexibility index (Phi) is 2.74. The summed E-state index contributed by atoms with van der Waals surface area (Å²) in [4.78, 5) is 13.6. The van der Waals surface area contributed by atoms with E-state index in [0.717, 1.165) is 26.1 Å². The highest BCUT2D eigenvalue weighted by atomic mass is 16.3. The van der Waals surface area contributed by atoms with Crippen LogP contribution in [0.5, 0.6) is 0 Å². The van der Waals surface area contributed by atoms with Gasteiger partial charge >= 0.3 is 0 Å². The van der Waals surface area contributed by atoms with Gasteiger partial charge in [0.1, 0.15) is 0 Å². The second kappa shape index (κ2) is 3.87. The van der Waals surface area contributed by atoms with E-state index < -0.39 is 0 Å². The van der Waals surface area contributed by atoms with E-state index in [4.69, 9.17) is 0 Å². The van der Waals surface area contributed by atoms with Crippen LogP contribution >= 0.6 is 0 Å². The van der Waals surface area contributed by atoms with Crippen LogP contribution in [-0.4, -0.2) is 48.2 Å². The molecule has 2 fully saturated rings. The molecule has 1 amide bonds. The second-order valence-electron chi connectivity index (χ2n) is 4.47. The minimum atomic E-state index is -0.333. The lowest BCUT2D eigenvalue weighted by Crippen LogP contribution is -2.55. The summed E-state index contributed by atoms with van der Waals surface area (Å²) < 4.78 is 0. The largest absolute Gasteiger partial charge is 0.391 e. The maximum Gasteiger partial charge on any atom is 0.228 e. The van der Waals surface area contributed by atoms with Crippen molar-refractivity contribution in [3.63, 3.8) is 0 Å². The van der Waals surface area contributed by atoms with Gasteiger partial charge in [-0.05, 0) is 12.3 Å². The molecule has 0 aromatic heterocycles. The second-order valence-corrected chi connectivity index (χ2v) is 4.47. The van der Waals surface area contributed by atoms with Crippen LogP contribution in [0, 0.1) is 11.8 Å². The molecule has 2 unspecified atom stereocenters. The number of hydrogen-bond acceptors (Lipinski definition) is 3. The normalized spacial score (nSPS) is 34.0. The van der Waals surface area contributed by atoms with Crippen molar-refractivity contribution in [2.75, 3.05) is 26.2 Å². The summed E-state index contributed by atoms with van der Waals surface area (Å²) in [5, 5.41) is 12.8. The first-order valence-electron chi connectivity index (χ1n) is 5.36. The number of aliphatic hydroxyl groups is 1. The van der Waals surface area contributed by atoms with E-state index in [1.54, 1.807) is 0 Å². The van der Waals surface area contributed by atoms with E-state index in [0.29, 0.717) is 12.5 Å². The Labute approximate surface area is 84.3 Å². The van der Waals surface area contributed by atoms with E-state index >= 15 is 0 Å². The van der Waals surface area contributed by atoms with Crippen molar-refractivity contribution >= 4 is 5.91 Å². The molecule has 0 saturated carbocycles. The summed E-state index contributed by atoms with van der Waals surface area (Å²) >= 11 is 0. The number of amides is 1. The van der Waals surface area contributed by atoms with Gasteiger partial charge in [0, 0.05) is 26.2 Å². The summed E-state index contributed by atoms with van der Waals surface area (Å²) in [6.45, 7) is 4.99. The minimum Gasteiger partial charge on any atom is -0.391 e. The third kappa shape index (κ3) is 1.77. The molecule has 0 aromatic carbocycles. The Morgan fingerprint density at radius 1 is 1.50 bits per heavy atom. The van der Waals surface area contributed by atoms with Gasteiger partial charge in [0.05, 0.1) is 12.0 Å². The van der Waals surface area contributed by atoms with Crippen LogP contribution < -0.4 is 5.32 Å². The van der Waals surface area contributed by atoms with Crippen LogP contribution in [0.3, 0.4) is 0 Å². The van der Waals surface area contributed by atoms with Gasteiger partial charge in [-0.15, -0.1) is 0 Å². The molecule has 2 aliphatic heterocycles. The molecule has 0 aromatic rings. The standard InChI is InChI=1S/C10H18N2O2/c1-7-2-3-12(6-9(7)13)10(14)8-4-11-5-8/h7-9,11,13H,2-6H2,1H3. The summed E-state index contributed by atoms with van der Waals surface area (Å²) in [5.41, 5.74) is 0. The minimum absolute atomic E-state index is 0.163. The van der Waals surface area contributed by atoms with Gasteiger partial charge in [-0.3, -0.25) is 4.79 Å². The number of likely N-dealkylation sites (tertiary alicyclic amines) is 1. The van der Waals surface area contributed by atoms with E-state index in [-0.39, 0.29) is 17.9 Å². The Bertz CT molecular complexity index is 228. The predicted molar refractivity (Wildman–Crippen MR) is 52.7 cm³/mol. The van der Waals surface area contributed by atoms with Crippen LogP contribution in [0.2, 0.25) is 0 Å². The van der Waals surface area contributed by atoms with Crippen LogP contribution in [0.15, 0.2) is 0 Å². The molecule has 0 spiro atoms. The van der Waals surface area contributed by atoms with Crippen LogP contribution in [0.1, 0.15) is 13.3 Å². The number of hydrogen-bond donors (Lipinski definition) is 2. The number of nitrogens with zero attached hydrogens (tertiary/aromatic N) is 1. The Balaban J connectivity index is 1.88. The number of rotatable bonds is 1. The zero-order valence-corrected chi connectivity index (χ0v) is 8.57. The summed E-state index contributed by atoms with van der Waals surface area (Å²) in [6, 6.07) is 0. The van der Waals surface area contributed by atoms with Crippen molar-refractivity contribution in [1.29, 1.82) is 0 Å². The molecule has 2 heterocycles. The summed E-state index contributed by atoms with van der Waals surface area (Å²) in [6.07, 6.45) is 0.591. The predicted octanol–water partition coefficient (Wildman–Crippen LogP) is -0.565. The van der Waals surface area contributed by atoms with Crippen LogP contribution in [0.25, 0.3) is 0 Å². The fourth-order valence-corrected chi connectivity index (χ4v) is 1.97. The maximum atomic E-state index is 11.8. The molecule has 4 heteroatoms. The highest BCUT2D eigenvalue weighted by Crippen LogP contribution is 2.19. The smallest absolute Gasteiger partial charge is 0.228 e. The van der Waals surface area contributed by atoms with Gasteiger partial charge in [-0.1, -0.05) is 6.92 Å². The van der Waals surface area contributed by atoms with Crippen molar-refractivity contribution in [2.45, 2.75) is 19.4 Å². The Morgan fingerprint density at radius 2 is 2.21 bits per heavy atom. The Morgan fingerprint density at radius 3 is 2.71 bits per heavy atom. The number of carbonyl (C=O) groups excluding carboxylic acids is 1. The van der Waals surface area contributed by atoms with Crippen molar-refractivity contribution in [3.05, 3.63) is 0 Å². The number of aliphatic hydroxyl groups excluding tert-OH is 1. The monoisotopic (exact) mass is 198 g/mol. The zero-order chi connectivity index (χ0) is 10.1. The molecular formula is C10H18N2O2. The topological polar surface area (TPSA) is 52.6 Å². The molecule has 4 nitrogen and oxygen atoms in total. The lowest BCUT2D eigenvalue weighted by Gasteiger charge is -2.38. The van der Waals surface area contributed by atoms with E-state index in [1.165, 1.54) is 0 Å². The molecule has 14 heavy (non-hydrogen) atoms. The van der Waals surface area contributed by atoms with Gasteiger partial charge in [-0.25, -0.2) is 0 Å². The van der Waals surface area contributed by atoms with E-state index in [2.05, 4.69) is 5.32 Å². The fraction of sp³-hybridized carbons (Fsp3) is 0.900. The van der Waals surface area contributed by atoms with Gasteiger partial charge < -0.3 is 15.3 Å². The van der Waals surface area contributed by atoms with E-state index in [1.807, 2.05) is 11.8 Å². The van der Waals surface area contributed by atoms with E-state index in [9.17, 15) is 9.90 Å². The molecule has 2 N–H and O–H groups in total.